The normalized spacial score (nSPS) is 12.4. The summed E-state index contributed by atoms with van der Waals surface area (Å²) in [5.74, 6) is -1.85. The number of nitrogens with one attached hydrogen (secondary N) is 1. The lowest BCUT2D eigenvalue weighted by atomic mass is 10.1. The average Bonchev–Trinajstić information content (AvgIpc) is 2.50. The zero-order chi connectivity index (χ0) is 15.2. The Morgan fingerprint density at radius 2 is 1.76 bits per heavy atom. The highest BCUT2D eigenvalue weighted by molar-refractivity contribution is 5.27. The van der Waals surface area contributed by atoms with Gasteiger partial charge in [-0.2, -0.15) is 0 Å². The van der Waals surface area contributed by atoms with E-state index in [0.717, 1.165) is 18.6 Å². The minimum absolute atomic E-state index is 0.281. The second kappa shape index (κ2) is 7.29. The average molecular weight is 291 g/mol. The summed E-state index contributed by atoms with van der Waals surface area (Å²) in [6, 6.07) is 11.5. The van der Waals surface area contributed by atoms with Crippen molar-refractivity contribution in [3.63, 3.8) is 0 Å². The third-order valence-corrected chi connectivity index (χ3v) is 3.48. The first kappa shape index (κ1) is 15.6. The molecule has 0 amide bonds. The molecule has 0 saturated heterocycles. The summed E-state index contributed by atoms with van der Waals surface area (Å²) in [5, 5.41) is 13.1. The Balaban J connectivity index is 1.92. The summed E-state index contributed by atoms with van der Waals surface area (Å²) >= 11 is 0. The number of aliphatic hydroxyl groups excluding tert-OH is 1. The van der Waals surface area contributed by atoms with Crippen LogP contribution < -0.4 is 5.32 Å². The Kier molecular flexibility index (Phi) is 5.42. The van der Waals surface area contributed by atoms with Crippen molar-refractivity contribution in [3.05, 3.63) is 70.8 Å². The van der Waals surface area contributed by atoms with Crippen molar-refractivity contribution >= 4 is 0 Å². The van der Waals surface area contributed by atoms with Gasteiger partial charge in [0.2, 0.25) is 0 Å². The third-order valence-electron chi connectivity index (χ3n) is 3.48. The van der Waals surface area contributed by atoms with E-state index in [-0.39, 0.29) is 6.54 Å². The molecule has 112 valence electrons. The van der Waals surface area contributed by atoms with Crippen molar-refractivity contribution < 1.29 is 13.9 Å². The summed E-state index contributed by atoms with van der Waals surface area (Å²) in [7, 11) is 0. The van der Waals surface area contributed by atoms with Crippen molar-refractivity contribution in [2.75, 3.05) is 6.54 Å². The molecule has 1 atom stereocenters. The van der Waals surface area contributed by atoms with Crippen molar-refractivity contribution in [3.8, 4) is 0 Å². The van der Waals surface area contributed by atoms with E-state index in [0.29, 0.717) is 12.1 Å². The van der Waals surface area contributed by atoms with Crippen LogP contribution in [0.2, 0.25) is 0 Å². The molecule has 1 unspecified atom stereocenters. The Labute approximate surface area is 123 Å². The fraction of sp³-hybridized carbons (Fsp3) is 0.294. The predicted molar refractivity (Wildman–Crippen MR) is 78.8 cm³/mol. The fourth-order valence-electron chi connectivity index (χ4n) is 2.26. The van der Waals surface area contributed by atoms with E-state index in [9.17, 15) is 13.9 Å². The first-order valence-electron chi connectivity index (χ1n) is 7.02. The van der Waals surface area contributed by atoms with Crippen LogP contribution >= 0.6 is 0 Å². The maximum absolute atomic E-state index is 13.1. The molecule has 2 nitrogen and oxygen atoms in total. The number of hydrogen-bond acceptors (Lipinski definition) is 2. The van der Waals surface area contributed by atoms with Crippen molar-refractivity contribution in [2.24, 2.45) is 0 Å². The maximum atomic E-state index is 13.1. The lowest BCUT2D eigenvalue weighted by molar-refractivity contribution is 0.173. The highest BCUT2D eigenvalue weighted by Gasteiger charge is 2.10. The number of aryl methyl sites for hydroxylation is 1. The molecule has 2 aromatic carbocycles. The molecule has 0 saturated carbocycles. The number of halogens is 2. The molecule has 2 rings (SSSR count). The molecule has 0 bridgehead atoms. The molecule has 0 spiro atoms. The van der Waals surface area contributed by atoms with Crippen LogP contribution in [0.15, 0.2) is 42.5 Å². The van der Waals surface area contributed by atoms with Gasteiger partial charge in [0.05, 0.1) is 6.10 Å². The molecule has 0 radical (unpaired) electrons. The molecule has 0 aliphatic heterocycles. The van der Waals surface area contributed by atoms with Gasteiger partial charge in [-0.1, -0.05) is 37.3 Å². The van der Waals surface area contributed by atoms with Crippen molar-refractivity contribution in [2.45, 2.75) is 26.0 Å². The van der Waals surface area contributed by atoms with Gasteiger partial charge in [0.25, 0.3) is 0 Å². The Morgan fingerprint density at radius 3 is 2.43 bits per heavy atom. The number of hydrogen-bond donors (Lipinski definition) is 2. The van der Waals surface area contributed by atoms with Crippen molar-refractivity contribution in [1.29, 1.82) is 0 Å². The highest BCUT2D eigenvalue weighted by atomic mass is 19.2. The van der Waals surface area contributed by atoms with Crippen LogP contribution in [0.1, 0.15) is 29.7 Å². The molecular weight excluding hydrogens is 272 g/mol. The van der Waals surface area contributed by atoms with E-state index >= 15 is 0 Å². The lowest BCUT2D eigenvalue weighted by Crippen LogP contribution is -2.21. The monoisotopic (exact) mass is 291 g/mol. The second-order valence-electron chi connectivity index (χ2n) is 4.94. The van der Waals surface area contributed by atoms with Crippen LogP contribution in [-0.4, -0.2) is 11.7 Å². The Bertz CT molecular complexity index is 601. The van der Waals surface area contributed by atoms with E-state index in [1.54, 1.807) is 0 Å². The molecule has 2 aromatic rings. The van der Waals surface area contributed by atoms with E-state index in [1.165, 1.54) is 17.2 Å². The Hall–Kier alpha value is -1.78. The van der Waals surface area contributed by atoms with Gasteiger partial charge >= 0.3 is 0 Å². The van der Waals surface area contributed by atoms with Gasteiger partial charge in [0.15, 0.2) is 11.6 Å². The number of rotatable bonds is 6. The molecular formula is C17H19F2NO. The SMILES string of the molecule is CCc1ccccc1CNCC(O)c1ccc(F)c(F)c1. The maximum Gasteiger partial charge on any atom is 0.159 e. The molecule has 0 fully saturated rings. The summed E-state index contributed by atoms with van der Waals surface area (Å²) in [5.41, 5.74) is 2.80. The van der Waals surface area contributed by atoms with Crippen LogP contribution in [0, 0.1) is 11.6 Å². The largest absolute Gasteiger partial charge is 0.387 e. The van der Waals surface area contributed by atoms with E-state index in [2.05, 4.69) is 18.3 Å². The molecule has 0 aromatic heterocycles. The van der Waals surface area contributed by atoms with Crippen LogP contribution in [0.4, 0.5) is 8.78 Å². The van der Waals surface area contributed by atoms with Crippen LogP contribution in [0.5, 0.6) is 0 Å². The zero-order valence-corrected chi connectivity index (χ0v) is 11.9. The summed E-state index contributed by atoms with van der Waals surface area (Å²) < 4.78 is 26.0. The van der Waals surface area contributed by atoms with Crippen LogP contribution in [-0.2, 0) is 13.0 Å². The molecule has 2 N–H and O–H groups in total. The van der Waals surface area contributed by atoms with Gasteiger partial charge in [0, 0.05) is 13.1 Å². The van der Waals surface area contributed by atoms with Gasteiger partial charge < -0.3 is 10.4 Å². The second-order valence-corrected chi connectivity index (χ2v) is 4.94. The van der Waals surface area contributed by atoms with Crippen LogP contribution in [0.3, 0.4) is 0 Å². The molecule has 4 heteroatoms. The highest BCUT2D eigenvalue weighted by Crippen LogP contribution is 2.16. The lowest BCUT2D eigenvalue weighted by Gasteiger charge is -2.14. The topological polar surface area (TPSA) is 32.3 Å². The number of benzene rings is 2. The smallest absolute Gasteiger partial charge is 0.159 e. The standard InChI is InChI=1S/C17H19F2NO/c1-2-12-5-3-4-6-14(12)10-20-11-17(21)13-7-8-15(18)16(19)9-13/h3-9,17,20-21H,2,10-11H2,1H3. The van der Waals surface area contributed by atoms with Gasteiger partial charge in [-0.15, -0.1) is 0 Å². The van der Waals surface area contributed by atoms with E-state index in [4.69, 9.17) is 0 Å². The van der Waals surface area contributed by atoms with Gasteiger partial charge in [0.1, 0.15) is 0 Å². The molecule has 0 aliphatic carbocycles. The minimum atomic E-state index is -0.942. The summed E-state index contributed by atoms with van der Waals surface area (Å²) in [6.45, 7) is 3.00. The van der Waals surface area contributed by atoms with E-state index in [1.807, 2.05) is 18.2 Å². The molecule has 0 aliphatic rings. The minimum Gasteiger partial charge on any atom is -0.387 e. The van der Waals surface area contributed by atoms with Crippen molar-refractivity contribution in [1.82, 2.24) is 5.32 Å². The third kappa shape index (κ3) is 4.09. The quantitative estimate of drug-likeness (QED) is 0.855. The molecule has 21 heavy (non-hydrogen) atoms. The first-order chi connectivity index (χ1) is 10.1. The number of aliphatic hydroxyl groups is 1. The van der Waals surface area contributed by atoms with Gasteiger partial charge in [-0.3, -0.25) is 0 Å². The van der Waals surface area contributed by atoms with E-state index < -0.39 is 17.7 Å². The van der Waals surface area contributed by atoms with Gasteiger partial charge in [-0.25, -0.2) is 8.78 Å². The zero-order valence-electron chi connectivity index (χ0n) is 11.9. The predicted octanol–water partition coefficient (Wildman–Crippen LogP) is 3.35. The Morgan fingerprint density at radius 1 is 1.05 bits per heavy atom. The fourth-order valence-corrected chi connectivity index (χ4v) is 2.26. The summed E-state index contributed by atoms with van der Waals surface area (Å²) in [6.07, 6.45) is 0.0812. The first-order valence-corrected chi connectivity index (χ1v) is 7.02. The molecule has 0 heterocycles. The summed E-state index contributed by atoms with van der Waals surface area (Å²) in [4.78, 5) is 0. The van der Waals surface area contributed by atoms with Crippen LogP contribution in [0.25, 0.3) is 0 Å². The van der Waals surface area contributed by atoms with Gasteiger partial charge in [-0.05, 0) is 35.2 Å².